The number of carbonyl (C=O) groups excluding carboxylic acids is 1. The normalized spacial score (nSPS) is 10.7. The number of nitrogens with one attached hydrogen (secondary N) is 1. The molecule has 134 valence electrons. The van der Waals surface area contributed by atoms with Gasteiger partial charge in [-0.3, -0.25) is 4.79 Å². The third-order valence-corrected chi connectivity index (χ3v) is 4.20. The first-order valence-corrected chi connectivity index (χ1v) is 8.60. The number of benzene rings is 3. The molecule has 1 aromatic heterocycles. The molecule has 1 heterocycles. The molecular weight excluding hydrogens is 340 g/mol. The number of rotatable bonds is 5. The van der Waals surface area contributed by atoms with E-state index in [9.17, 15) is 4.79 Å². The maximum absolute atomic E-state index is 12.3. The summed E-state index contributed by atoms with van der Waals surface area (Å²) in [5.74, 6) is 1.15. The lowest BCUT2D eigenvalue weighted by molar-refractivity contribution is -0.115. The predicted molar refractivity (Wildman–Crippen MR) is 105 cm³/mol. The Morgan fingerprint density at radius 1 is 1.04 bits per heavy atom. The minimum Gasteiger partial charge on any atom is -0.497 e. The van der Waals surface area contributed by atoms with E-state index in [1.807, 2.05) is 72.8 Å². The van der Waals surface area contributed by atoms with E-state index in [4.69, 9.17) is 9.15 Å². The molecule has 0 bridgehead atoms. The first kappa shape index (κ1) is 16.8. The molecule has 1 N–H and O–H groups in total. The average Bonchev–Trinajstić information content (AvgIpc) is 3.12. The number of nitrogens with zero attached hydrogens (tertiary/aromatic N) is 1. The number of anilines is 1. The van der Waals surface area contributed by atoms with Crippen molar-refractivity contribution in [3.8, 4) is 17.2 Å². The summed E-state index contributed by atoms with van der Waals surface area (Å²) in [5, 5.41) is 2.92. The van der Waals surface area contributed by atoms with Gasteiger partial charge in [0, 0.05) is 17.3 Å². The minimum atomic E-state index is -0.0688. The van der Waals surface area contributed by atoms with E-state index in [-0.39, 0.29) is 5.91 Å². The quantitative estimate of drug-likeness (QED) is 0.562. The van der Waals surface area contributed by atoms with Crippen LogP contribution in [0.4, 0.5) is 5.69 Å². The first-order valence-electron chi connectivity index (χ1n) is 8.60. The largest absolute Gasteiger partial charge is 0.497 e. The fourth-order valence-corrected chi connectivity index (χ4v) is 2.87. The van der Waals surface area contributed by atoms with Crippen LogP contribution >= 0.6 is 0 Å². The lowest BCUT2D eigenvalue weighted by Crippen LogP contribution is -2.14. The summed E-state index contributed by atoms with van der Waals surface area (Å²) in [4.78, 5) is 16.8. The van der Waals surface area contributed by atoms with Crippen LogP contribution in [0.2, 0.25) is 0 Å². The Kier molecular flexibility index (Phi) is 4.58. The average molecular weight is 358 g/mol. The number of methoxy groups -OCH3 is 1. The van der Waals surface area contributed by atoms with Crippen molar-refractivity contribution in [3.63, 3.8) is 0 Å². The molecule has 0 aliphatic heterocycles. The second-order valence-electron chi connectivity index (χ2n) is 6.14. The molecule has 4 rings (SSSR count). The number of hydrogen-bond acceptors (Lipinski definition) is 4. The van der Waals surface area contributed by atoms with E-state index in [1.54, 1.807) is 7.11 Å². The Balaban J connectivity index is 1.54. The van der Waals surface area contributed by atoms with E-state index < -0.39 is 0 Å². The van der Waals surface area contributed by atoms with Crippen molar-refractivity contribution in [1.82, 2.24) is 4.98 Å². The van der Waals surface area contributed by atoms with Crippen LogP contribution in [0.25, 0.3) is 22.6 Å². The van der Waals surface area contributed by atoms with Crippen LogP contribution in [-0.2, 0) is 11.2 Å². The molecule has 0 aliphatic carbocycles. The van der Waals surface area contributed by atoms with Gasteiger partial charge in [0.25, 0.3) is 0 Å². The van der Waals surface area contributed by atoms with Gasteiger partial charge in [0.2, 0.25) is 11.8 Å². The van der Waals surface area contributed by atoms with Crippen LogP contribution in [0.5, 0.6) is 5.75 Å². The van der Waals surface area contributed by atoms with Crippen molar-refractivity contribution in [2.45, 2.75) is 6.42 Å². The molecule has 5 nitrogen and oxygen atoms in total. The highest BCUT2D eigenvalue weighted by Crippen LogP contribution is 2.28. The van der Waals surface area contributed by atoms with Gasteiger partial charge in [-0.15, -0.1) is 0 Å². The van der Waals surface area contributed by atoms with E-state index in [2.05, 4.69) is 10.3 Å². The van der Waals surface area contributed by atoms with Crippen molar-refractivity contribution in [2.24, 2.45) is 0 Å². The van der Waals surface area contributed by atoms with Crippen LogP contribution in [0.1, 0.15) is 5.56 Å². The van der Waals surface area contributed by atoms with Gasteiger partial charge >= 0.3 is 0 Å². The molecule has 0 atom stereocenters. The molecule has 1 amide bonds. The number of fused-ring (bicyclic) bond motifs is 1. The van der Waals surface area contributed by atoms with Gasteiger partial charge in [0.15, 0.2) is 5.58 Å². The number of amides is 1. The highest BCUT2D eigenvalue weighted by molar-refractivity contribution is 5.92. The van der Waals surface area contributed by atoms with E-state index in [0.29, 0.717) is 23.6 Å². The van der Waals surface area contributed by atoms with Gasteiger partial charge in [-0.05, 0) is 35.9 Å². The molecular formula is C22H18N2O3. The number of ether oxygens (including phenoxy) is 1. The minimum absolute atomic E-state index is 0.0688. The molecule has 0 saturated carbocycles. The number of aromatic nitrogens is 1. The van der Waals surface area contributed by atoms with Crippen LogP contribution in [0, 0.1) is 0 Å². The van der Waals surface area contributed by atoms with E-state index in [0.717, 1.165) is 22.4 Å². The summed E-state index contributed by atoms with van der Waals surface area (Å²) < 4.78 is 11.0. The third-order valence-electron chi connectivity index (χ3n) is 4.20. The Bertz CT molecular complexity index is 1090. The molecule has 0 fully saturated rings. The molecule has 0 spiro atoms. The number of oxazole rings is 1. The van der Waals surface area contributed by atoms with Gasteiger partial charge in [0.05, 0.1) is 13.5 Å². The number of carbonyl (C=O) groups is 1. The zero-order valence-electron chi connectivity index (χ0n) is 14.8. The summed E-state index contributed by atoms with van der Waals surface area (Å²) in [6.45, 7) is 0. The third kappa shape index (κ3) is 3.82. The molecule has 5 heteroatoms. The van der Waals surface area contributed by atoms with Gasteiger partial charge in [-0.2, -0.15) is 0 Å². The van der Waals surface area contributed by atoms with Crippen molar-refractivity contribution in [3.05, 3.63) is 78.4 Å². The smallest absolute Gasteiger partial charge is 0.228 e. The SMILES string of the molecule is COc1ccc2oc(-c3cccc(NC(=O)Cc4ccccc4)c3)nc2c1. The maximum Gasteiger partial charge on any atom is 0.228 e. The van der Waals surface area contributed by atoms with E-state index in [1.165, 1.54) is 0 Å². The van der Waals surface area contributed by atoms with Gasteiger partial charge in [-0.1, -0.05) is 36.4 Å². The topological polar surface area (TPSA) is 64.4 Å². The fourth-order valence-electron chi connectivity index (χ4n) is 2.87. The highest BCUT2D eigenvalue weighted by atomic mass is 16.5. The Morgan fingerprint density at radius 3 is 2.70 bits per heavy atom. The van der Waals surface area contributed by atoms with Crippen LogP contribution in [-0.4, -0.2) is 18.0 Å². The summed E-state index contributed by atoms with van der Waals surface area (Å²) in [5.41, 5.74) is 3.88. The molecule has 0 saturated heterocycles. The van der Waals surface area contributed by atoms with Crippen LogP contribution in [0.15, 0.2) is 77.2 Å². The van der Waals surface area contributed by atoms with E-state index >= 15 is 0 Å². The Hall–Kier alpha value is -3.60. The summed E-state index contributed by atoms with van der Waals surface area (Å²) >= 11 is 0. The lowest BCUT2D eigenvalue weighted by atomic mass is 10.1. The predicted octanol–water partition coefficient (Wildman–Crippen LogP) is 4.68. The van der Waals surface area contributed by atoms with Crippen molar-refractivity contribution in [1.29, 1.82) is 0 Å². The Labute approximate surface area is 156 Å². The second-order valence-corrected chi connectivity index (χ2v) is 6.14. The van der Waals surface area contributed by atoms with Crippen molar-refractivity contribution in [2.75, 3.05) is 12.4 Å². The molecule has 0 unspecified atom stereocenters. The fraction of sp³-hybridized carbons (Fsp3) is 0.0909. The summed E-state index contributed by atoms with van der Waals surface area (Å²) in [7, 11) is 1.61. The lowest BCUT2D eigenvalue weighted by Gasteiger charge is -2.06. The molecule has 0 aliphatic rings. The second kappa shape index (κ2) is 7.33. The van der Waals surface area contributed by atoms with Crippen molar-refractivity contribution < 1.29 is 13.9 Å². The maximum atomic E-state index is 12.3. The van der Waals surface area contributed by atoms with Gasteiger partial charge in [-0.25, -0.2) is 4.98 Å². The molecule has 27 heavy (non-hydrogen) atoms. The zero-order chi connectivity index (χ0) is 18.6. The highest BCUT2D eigenvalue weighted by Gasteiger charge is 2.11. The molecule has 4 aromatic rings. The Morgan fingerprint density at radius 2 is 1.89 bits per heavy atom. The van der Waals surface area contributed by atoms with Crippen LogP contribution < -0.4 is 10.1 Å². The molecule has 0 radical (unpaired) electrons. The monoisotopic (exact) mass is 358 g/mol. The first-order chi connectivity index (χ1) is 13.2. The van der Waals surface area contributed by atoms with Crippen LogP contribution in [0.3, 0.4) is 0 Å². The summed E-state index contributed by atoms with van der Waals surface area (Å²) in [6.07, 6.45) is 0.327. The standard InChI is InChI=1S/C22H18N2O3/c1-26-18-10-11-20-19(14-18)24-22(27-20)16-8-5-9-17(13-16)23-21(25)12-15-6-3-2-4-7-15/h2-11,13-14H,12H2,1H3,(H,23,25). The zero-order valence-corrected chi connectivity index (χ0v) is 14.8. The van der Waals surface area contributed by atoms with Gasteiger partial charge in [0.1, 0.15) is 11.3 Å². The summed E-state index contributed by atoms with van der Waals surface area (Å²) in [6, 6.07) is 22.6. The van der Waals surface area contributed by atoms with Crippen molar-refractivity contribution >= 4 is 22.7 Å². The molecule has 3 aromatic carbocycles. The number of hydrogen-bond donors (Lipinski definition) is 1. The van der Waals surface area contributed by atoms with Gasteiger partial charge < -0.3 is 14.5 Å².